The predicted molar refractivity (Wildman–Crippen MR) is 68.2 cm³/mol. The largest absolute Gasteiger partial charge is 0.383 e. The van der Waals surface area contributed by atoms with Gasteiger partial charge >= 0.3 is 0 Å². The number of hydrogen-bond acceptors (Lipinski definition) is 3. The van der Waals surface area contributed by atoms with E-state index in [0.29, 0.717) is 12.6 Å². The van der Waals surface area contributed by atoms with Gasteiger partial charge in [-0.3, -0.25) is 10.4 Å². The number of hydrazine groups is 1. The summed E-state index contributed by atoms with van der Waals surface area (Å²) in [4.78, 5) is 4.42. The SMILES string of the molecule is CCC(C)(C)CN=C(NN)NC(C)COC. The summed E-state index contributed by atoms with van der Waals surface area (Å²) in [7, 11) is 1.67. The molecule has 0 saturated carbocycles. The minimum absolute atomic E-state index is 0.185. The maximum atomic E-state index is 5.40. The average Bonchev–Trinajstić information content (AvgIpc) is 2.24. The summed E-state index contributed by atoms with van der Waals surface area (Å²) in [6, 6.07) is 0.185. The molecule has 0 aromatic carbocycles. The first kappa shape index (κ1) is 15.2. The van der Waals surface area contributed by atoms with Gasteiger partial charge in [-0.05, 0) is 18.8 Å². The number of hydrogen-bond donors (Lipinski definition) is 3. The molecule has 5 heteroatoms. The number of aliphatic imine (C=N–C) groups is 1. The van der Waals surface area contributed by atoms with Crippen LogP contribution < -0.4 is 16.6 Å². The fourth-order valence-corrected chi connectivity index (χ4v) is 1.06. The third kappa shape index (κ3) is 6.63. The predicted octanol–water partition coefficient (Wildman–Crippen LogP) is 0.866. The van der Waals surface area contributed by atoms with E-state index < -0.39 is 0 Å². The number of nitrogens with zero attached hydrogens (tertiary/aromatic N) is 1. The van der Waals surface area contributed by atoms with Gasteiger partial charge in [0.15, 0.2) is 0 Å². The highest BCUT2D eigenvalue weighted by Gasteiger charge is 2.14. The van der Waals surface area contributed by atoms with Gasteiger partial charge in [-0.2, -0.15) is 0 Å². The van der Waals surface area contributed by atoms with Gasteiger partial charge in [-0.15, -0.1) is 0 Å². The Morgan fingerprint density at radius 3 is 2.56 bits per heavy atom. The lowest BCUT2D eigenvalue weighted by Crippen LogP contribution is -2.47. The zero-order valence-electron chi connectivity index (χ0n) is 11.1. The first-order valence-corrected chi connectivity index (χ1v) is 5.71. The maximum Gasteiger partial charge on any atom is 0.206 e. The van der Waals surface area contributed by atoms with Crippen molar-refractivity contribution in [2.45, 2.75) is 40.2 Å². The van der Waals surface area contributed by atoms with Crippen molar-refractivity contribution in [1.29, 1.82) is 0 Å². The summed E-state index contributed by atoms with van der Waals surface area (Å²) in [6.07, 6.45) is 1.09. The Morgan fingerprint density at radius 1 is 1.50 bits per heavy atom. The van der Waals surface area contributed by atoms with Crippen LogP contribution in [-0.4, -0.2) is 32.3 Å². The second kappa shape index (κ2) is 7.46. The van der Waals surface area contributed by atoms with Crippen LogP contribution >= 0.6 is 0 Å². The van der Waals surface area contributed by atoms with E-state index in [2.05, 4.69) is 36.5 Å². The summed E-state index contributed by atoms with van der Waals surface area (Å²) in [5.41, 5.74) is 2.77. The highest BCUT2D eigenvalue weighted by atomic mass is 16.5. The van der Waals surface area contributed by atoms with Crippen molar-refractivity contribution < 1.29 is 4.74 Å². The highest BCUT2D eigenvalue weighted by Crippen LogP contribution is 2.19. The number of guanidine groups is 1. The summed E-state index contributed by atoms with van der Waals surface area (Å²) in [5, 5.41) is 3.15. The molecule has 0 aliphatic heterocycles. The second-order valence-electron chi connectivity index (χ2n) is 4.83. The topological polar surface area (TPSA) is 71.7 Å². The Morgan fingerprint density at radius 2 is 2.12 bits per heavy atom. The van der Waals surface area contributed by atoms with Crippen molar-refractivity contribution in [3.05, 3.63) is 0 Å². The van der Waals surface area contributed by atoms with Gasteiger partial charge < -0.3 is 10.1 Å². The molecule has 5 nitrogen and oxygen atoms in total. The van der Waals surface area contributed by atoms with Gasteiger partial charge in [0.05, 0.1) is 6.61 Å². The zero-order chi connectivity index (χ0) is 12.6. The van der Waals surface area contributed by atoms with E-state index in [4.69, 9.17) is 10.6 Å². The van der Waals surface area contributed by atoms with Crippen LogP contribution in [0.5, 0.6) is 0 Å². The number of nitrogens with two attached hydrogens (primary N) is 1. The summed E-state index contributed by atoms with van der Waals surface area (Å²) in [6.45, 7) is 9.91. The average molecular weight is 230 g/mol. The Kier molecular flexibility index (Phi) is 7.08. The molecule has 0 bridgehead atoms. The van der Waals surface area contributed by atoms with E-state index in [1.807, 2.05) is 6.92 Å². The second-order valence-corrected chi connectivity index (χ2v) is 4.83. The van der Waals surface area contributed by atoms with Crippen molar-refractivity contribution in [3.8, 4) is 0 Å². The molecule has 0 saturated heterocycles. The first-order valence-electron chi connectivity index (χ1n) is 5.71. The Bertz CT molecular complexity index is 216. The molecule has 0 rings (SSSR count). The van der Waals surface area contributed by atoms with Crippen LogP contribution in [0.1, 0.15) is 34.1 Å². The third-order valence-corrected chi connectivity index (χ3v) is 2.56. The van der Waals surface area contributed by atoms with Crippen molar-refractivity contribution in [3.63, 3.8) is 0 Å². The molecular formula is C11H26N4O. The molecule has 96 valence electrons. The monoisotopic (exact) mass is 230 g/mol. The maximum absolute atomic E-state index is 5.40. The molecule has 0 aliphatic carbocycles. The van der Waals surface area contributed by atoms with Gasteiger partial charge in [0.1, 0.15) is 0 Å². The summed E-state index contributed by atoms with van der Waals surface area (Å²) >= 11 is 0. The minimum atomic E-state index is 0.185. The standard InChI is InChI=1S/C11H26N4O/c1-6-11(3,4)8-13-10(15-12)14-9(2)7-16-5/h9H,6-8,12H2,1-5H3,(H2,13,14,15). The normalized spacial score (nSPS) is 14.8. The van der Waals surface area contributed by atoms with Crippen LogP contribution in [0, 0.1) is 5.41 Å². The lowest BCUT2D eigenvalue weighted by molar-refractivity contribution is 0.179. The molecule has 4 N–H and O–H groups in total. The summed E-state index contributed by atoms with van der Waals surface area (Å²) in [5.74, 6) is 6.02. The molecule has 16 heavy (non-hydrogen) atoms. The molecule has 0 heterocycles. The number of nitrogens with one attached hydrogen (secondary N) is 2. The molecule has 0 radical (unpaired) electrons. The lowest BCUT2D eigenvalue weighted by Gasteiger charge is -2.21. The molecule has 0 aliphatic rings. The Balaban J connectivity index is 4.21. The molecule has 0 fully saturated rings. The van der Waals surface area contributed by atoms with Crippen molar-refractivity contribution in [1.82, 2.24) is 10.7 Å². The summed E-state index contributed by atoms with van der Waals surface area (Å²) < 4.78 is 5.03. The molecule has 1 atom stereocenters. The van der Waals surface area contributed by atoms with E-state index in [9.17, 15) is 0 Å². The van der Waals surface area contributed by atoms with Gasteiger partial charge in [-0.1, -0.05) is 20.8 Å². The van der Waals surface area contributed by atoms with Crippen LogP contribution in [0.25, 0.3) is 0 Å². The van der Waals surface area contributed by atoms with Gasteiger partial charge in [0.2, 0.25) is 5.96 Å². The zero-order valence-corrected chi connectivity index (χ0v) is 11.1. The van der Waals surface area contributed by atoms with Gasteiger partial charge in [0, 0.05) is 19.7 Å². The van der Waals surface area contributed by atoms with Crippen LogP contribution in [0.2, 0.25) is 0 Å². The van der Waals surface area contributed by atoms with E-state index in [-0.39, 0.29) is 11.5 Å². The van der Waals surface area contributed by atoms with E-state index in [1.54, 1.807) is 7.11 Å². The van der Waals surface area contributed by atoms with Crippen molar-refractivity contribution in [2.24, 2.45) is 16.3 Å². The smallest absolute Gasteiger partial charge is 0.206 e. The Labute approximate surface area is 98.8 Å². The molecule has 0 amide bonds. The van der Waals surface area contributed by atoms with Crippen LogP contribution in [0.3, 0.4) is 0 Å². The van der Waals surface area contributed by atoms with E-state index in [0.717, 1.165) is 13.0 Å². The molecule has 0 aromatic heterocycles. The van der Waals surface area contributed by atoms with Crippen LogP contribution in [0.4, 0.5) is 0 Å². The molecule has 1 unspecified atom stereocenters. The van der Waals surface area contributed by atoms with Crippen molar-refractivity contribution in [2.75, 3.05) is 20.3 Å². The molecular weight excluding hydrogens is 204 g/mol. The van der Waals surface area contributed by atoms with E-state index >= 15 is 0 Å². The van der Waals surface area contributed by atoms with Gasteiger partial charge in [0.25, 0.3) is 0 Å². The molecule has 0 aromatic rings. The van der Waals surface area contributed by atoms with Crippen LogP contribution in [0.15, 0.2) is 4.99 Å². The van der Waals surface area contributed by atoms with Crippen molar-refractivity contribution >= 4 is 5.96 Å². The van der Waals surface area contributed by atoms with Crippen LogP contribution in [-0.2, 0) is 4.74 Å². The third-order valence-electron chi connectivity index (χ3n) is 2.56. The molecule has 0 spiro atoms. The fourth-order valence-electron chi connectivity index (χ4n) is 1.06. The first-order chi connectivity index (χ1) is 7.45. The number of ether oxygens (including phenoxy) is 1. The highest BCUT2D eigenvalue weighted by molar-refractivity contribution is 5.79. The quantitative estimate of drug-likeness (QED) is 0.274. The number of rotatable bonds is 6. The lowest BCUT2D eigenvalue weighted by atomic mass is 9.91. The minimum Gasteiger partial charge on any atom is -0.383 e. The fraction of sp³-hybridized carbons (Fsp3) is 0.909. The van der Waals surface area contributed by atoms with Gasteiger partial charge in [-0.25, -0.2) is 5.84 Å². The van der Waals surface area contributed by atoms with E-state index in [1.165, 1.54) is 0 Å². The number of methoxy groups -OCH3 is 1. The Hall–Kier alpha value is -0.810.